The molecule has 0 aromatic heterocycles. The second-order valence-corrected chi connectivity index (χ2v) is 7.16. The Bertz CT molecular complexity index is 871. The van der Waals surface area contributed by atoms with Gasteiger partial charge in [0.2, 0.25) is 0 Å². The number of esters is 4. The van der Waals surface area contributed by atoms with Crippen molar-refractivity contribution in [3.63, 3.8) is 0 Å². The Kier molecular flexibility index (Phi) is 12.8. The number of ether oxygens (including phenoxy) is 4. The number of hydrogen-bond acceptors (Lipinski definition) is 9. The van der Waals surface area contributed by atoms with E-state index in [2.05, 4.69) is 9.47 Å². The molecule has 0 saturated heterocycles. The van der Waals surface area contributed by atoms with E-state index in [0.717, 1.165) is 0 Å². The number of carbonyl (C=O) groups is 5. The molecule has 9 heteroatoms. The number of methoxy groups -OCH3 is 2. The minimum atomic E-state index is -0.553. The lowest BCUT2D eigenvalue weighted by atomic mass is 10.1. The molecular weight excluding hydrogens is 432 g/mol. The Balaban J connectivity index is 2.77. The summed E-state index contributed by atoms with van der Waals surface area (Å²) in [6, 6.07) is 4.59. The van der Waals surface area contributed by atoms with Crippen LogP contribution in [0.25, 0.3) is 6.08 Å². The summed E-state index contributed by atoms with van der Waals surface area (Å²) >= 11 is 0. The maximum absolute atomic E-state index is 12.3. The fourth-order valence-corrected chi connectivity index (χ4v) is 2.63. The summed E-state index contributed by atoms with van der Waals surface area (Å²) < 4.78 is 19.8. The first-order chi connectivity index (χ1) is 15.7. The first-order valence-corrected chi connectivity index (χ1v) is 10.6. The van der Waals surface area contributed by atoms with E-state index >= 15 is 0 Å². The lowest BCUT2D eigenvalue weighted by molar-refractivity contribution is -0.141. The molecule has 0 saturated carbocycles. The Morgan fingerprint density at radius 1 is 0.697 bits per heavy atom. The van der Waals surface area contributed by atoms with Gasteiger partial charge in [0.25, 0.3) is 0 Å². The highest BCUT2D eigenvalue weighted by Gasteiger charge is 2.15. The van der Waals surface area contributed by atoms with Gasteiger partial charge in [0.1, 0.15) is 0 Å². The summed E-state index contributed by atoms with van der Waals surface area (Å²) in [5, 5.41) is 0. The molecule has 9 nitrogen and oxygen atoms in total. The Morgan fingerprint density at radius 3 is 1.61 bits per heavy atom. The molecule has 0 N–H and O–H groups in total. The largest absolute Gasteiger partial charge is 0.469 e. The van der Waals surface area contributed by atoms with Crippen LogP contribution in [0.2, 0.25) is 0 Å². The first kappa shape index (κ1) is 27.5. The monoisotopic (exact) mass is 462 g/mol. The third-order valence-electron chi connectivity index (χ3n) is 4.40. The zero-order valence-electron chi connectivity index (χ0n) is 19.2. The average Bonchev–Trinajstić information content (AvgIpc) is 2.79. The molecule has 33 heavy (non-hydrogen) atoms. The predicted octanol–water partition coefficient (Wildman–Crippen LogP) is 3.57. The van der Waals surface area contributed by atoms with Crippen LogP contribution in [-0.2, 0) is 33.4 Å². The molecule has 1 aromatic carbocycles. The van der Waals surface area contributed by atoms with Crippen molar-refractivity contribution in [2.24, 2.45) is 0 Å². The highest BCUT2D eigenvalue weighted by atomic mass is 16.6. The van der Waals surface area contributed by atoms with Crippen LogP contribution < -0.4 is 9.47 Å². The van der Waals surface area contributed by atoms with Crippen LogP contribution in [0.5, 0.6) is 11.5 Å². The van der Waals surface area contributed by atoms with E-state index in [1.165, 1.54) is 39.4 Å². The SMILES string of the molecule is COC(=O)CCCCC(=O)Oc1ccc(/C=C/C(C)=O)cc1OC(=O)CCCCC(=O)OC. The summed E-state index contributed by atoms with van der Waals surface area (Å²) in [5.41, 5.74) is 0.580. The topological polar surface area (TPSA) is 122 Å². The number of unbranched alkanes of at least 4 members (excludes halogenated alkanes) is 2. The fourth-order valence-electron chi connectivity index (χ4n) is 2.63. The third-order valence-corrected chi connectivity index (χ3v) is 4.40. The number of ketones is 1. The number of hydrogen-bond donors (Lipinski definition) is 0. The van der Waals surface area contributed by atoms with Crippen molar-refractivity contribution in [1.82, 2.24) is 0 Å². The lowest BCUT2D eigenvalue weighted by Gasteiger charge is -2.11. The van der Waals surface area contributed by atoms with Gasteiger partial charge in [-0.05, 0) is 56.4 Å². The van der Waals surface area contributed by atoms with Gasteiger partial charge in [-0.3, -0.25) is 24.0 Å². The molecule has 0 bridgehead atoms. The van der Waals surface area contributed by atoms with Crippen molar-refractivity contribution in [2.75, 3.05) is 14.2 Å². The zero-order valence-corrected chi connectivity index (χ0v) is 19.2. The molecule has 0 unspecified atom stereocenters. The van der Waals surface area contributed by atoms with E-state index in [0.29, 0.717) is 31.2 Å². The zero-order chi connectivity index (χ0) is 24.6. The number of allylic oxidation sites excluding steroid dienone is 1. The highest BCUT2D eigenvalue weighted by molar-refractivity contribution is 5.91. The number of benzene rings is 1. The minimum absolute atomic E-state index is 0.0431. The van der Waals surface area contributed by atoms with Gasteiger partial charge in [0.05, 0.1) is 14.2 Å². The van der Waals surface area contributed by atoms with Gasteiger partial charge in [-0.2, -0.15) is 0 Å². The van der Waals surface area contributed by atoms with Crippen molar-refractivity contribution in [2.45, 2.75) is 58.3 Å². The smallest absolute Gasteiger partial charge is 0.311 e. The fraction of sp³-hybridized carbons (Fsp3) is 0.458. The second-order valence-electron chi connectivity index (χ2n) is 7.16. The van der Waals surface area contributed by atoms with E-state index in [1.54, 1.807) is 12.1 Å². The molecule has 0 amide bonds. The van der Waals surface area contributed by atoms with Gasteiger partial charge in [0.15, 0.2) is 17.3 Å². The quantitative estimate of drug-likeness (QED) is 0.177. The summed E-state index contributed by atoms with van der Waals surface area (Å²) in [5.74, 6) is -1.84. The first-order valence-electron chi connectivity index (χ1n) is 10.6. The van der Waals surface area contributed by atoms with Gasteiger partial charge in [-0.25, -0.2) is 0 Å². The number of rotatable bonds is 14. The van der Waals surface area contributed by atoms with E-state index in [-0.39, 0.29) is 54.9 Å². The van der Waals surface area contributed by atoms with Crippen LogP contribution in [0, 0.1) is 0 Å². The second kappa shape index (κ2) is 15.3. The summed E-state index contributed by atoms with van der Waals surface area (Å²) in [6.45, 7) is 1.40. The van der Waals surface area contributed by atoms with Crippen molar-refractivity contribution in [1.29, 1.82) is 0 Å². The molecule has 0 heterocycles. The molecular formula is C24H30O9. The molecule has 180 valence electrons. The van der Waals surface area contributed by atoms with E-state index < -0.39 is 11.9 Å². The number of carbonyl (C=O) groups excluding carboxylic acids is 5. The molecule has 1 aromatic rings. The Hall–Kier alpha value is -3.49. The molecule has 0 aliphatic rings. The van der Waals surface area contributed by atoms with Crippen molar-refractivity contribution < 1.29 is 42.9 Å². The van der Waals surface area contributed by atoms with Gasteiger partial charge < -0.3 is 18.9 Å². The van der Waals surface area contributed by atoms with Crippen LogP contribution >= 0.6 is 0 Å². The lowest BCUT2D eigenvalue weighted by Crippen LogP contribution is -2.12. The average molecular weight is 462 g/mol. The highest BCUT2D eigenvalue weighted by Crippen LogP contribution is 2.30. The van der Waals surface area contributed by atoms with Gasteiger partial charge in [-0.1, -0.05) is 12.1 Å². The molecule has 0 fully saturated rings. The van der Waals surface area contributed by atoms with Crippen molar-refractivity contribution >= 4 is 35.7 Å². The summed E-state index contributed by atoms with van der Waals surface area (Å²) in [7, 11) is 2.60. The molecule has 0 aliphatic carbocycles. The maximum atomic E-state index is 12.3. The minimum Gasteiger partial charge on any atom is -0.469 e. The normalized spacial score (nSPS) is 10.5. The van der Waals surface area contributed by atoms with Gasteiger partial charge in [0, 0.05) is 25.7 Å². The summed E-state index contributed by atoms with van der Waals surface area (Å²) in [6.07, 6.45) is 5.26. The standard InChI is InChI=1S/C24H30O9/c1-17(25)12-13-18-14-15-19(32-23(28)10-6-4-8-21(26)30-2)20(16-18)33-24(29)11-7-5-9-22(27)31-3/h12-16H,4-11H2,1-3H3/b13-12+. The molecule has 0 aliphatic heterocycles. The van der Waals surface area contributed by atoms with E-state index in [9.17, 15) is 24.0 Å². The molecule has 1 rings (SSSR count). The predicted molar refractivity (Wildman–Crippen MR) is 118 cm³/mol. The third kappa shape index (κ3) is 12.2. The summed E-state index contributed by atoms with van der Waals surface area (Å²) in [4.78, 5) is 57.9. The van der Waals surface area contributed by atoms with Crippen LogP contribution in [0.3, 0.4) is 0 Å². The van der Waals surface area contributed by atoms with E-state index in [4.69, 9.17) is 9.47 Å². The maximum Gasteiger partial charge on any atom is 0.311 e. The van der Waals surface area contributed by atoms with E-state index in [1.807, 2.05) is 0 Å². The molecule has 0 atom stereocenters. The Labute approximate surface area is 193 Å². The van der Waals surface area contributed by atoms with Crippen molar-refractivity contribution in [3.05, 3.63) is 29.8 Å². The molecule has 0 spiro atoms. The van der Waals surface area contributed by atoms with Crippen LogP contribution in [-0.4, -0.2) is 43.9 Å². The van der Waals surface area contributed by atoms with Crippen LogP contribution in [0.15, 0.2) is 24.3 Å². The van der Waals surface area contributed by atoms with Gasteiger partial charge in [-0.15, -0.1) is 0 Å². The Morgan fingerprint density at radius 2 is 1.15 bits per heavy atom. The van der Waals surface area contributed by atoms with Crippen LogP contribution in [0.1, 0.15) is 63.9 Å². The molecule has 0 radical (unpaired) electrons. The van der Waals surface area contributed by atoms with Gasteiger partial charge >= 0.3 is 23.9 Å². The van der Waals surface area contributed by atoms with Crippen LogP contribution in [0.4, 0.5) is 0 Å². The van der Waals surface area contributed by atoms with Crippen molar-refractivity contribution in [3.8, 4) is 11.5 Å².